The Morgan fingerprint density at radius 1 is 1.28 bits per heavy atom. The molecule has 1 aliphatic heterocycles. The Bertz CT molecular complexity index is 747. The lowest BCUT2D eigenvalue weighted by Gasteiger charge is -2.41. The van der Waals surface area contributed by atoms with Gasteiger partial charge in [0.25, 0.3) is 5.91 Å². The maximum absolute atomic E-state index is 13.3. The average molecular weight is 414 g/mol. The molecular formula is C20H25F3N2O4. The van der Waals surface area contributed by atoms with E-state index in [1.165, 1.54) is 24.1 Å². The van der Waals surface area contributed by atoms with E-state index in [1.54, 1.807) is 0 Å². The summed E-state index contributed by atoms with van der Waals surface area (Å²) in [6, 6.07) is 3.40. The van der Waals surface area contributed by atoms with Gasteiger partial charge in [-0.1, -0.05) is 12.5 Å². The van der Waals surface area contributed by atoms with Crippen LogP contribution in [0.25, 0.3) is 0 Å². The molecule has 2 amide bonds. The van der Waals surface area contributed by atoms with Crippen LogP contribution in [0.1, 0.15) is 48.0 Å². The van der Waals surface area contributed by atoms with Gasteiger partial charge in [0, 0.05) is 19.2 Å². The fourth-order valence-corrected chi connectivity index (χ4v) is 4.03. The van der Waals surface area contributed by atoms with Gasteiger partial charge in [0.15, 0.2) is 0 Å². The third-order valence-corrected chi connectivity index (χ3v) is 5.46. The van der Waals surface area contributed by atoms with E-state index in [0.717, 1.165) is 31.4 Å². The minimum Gasteiger partial charge on any atom is -0.383 e. The van der Waals surface area contributed by atoms with Crippen LogP contribution in [0.4, 0.5) is 13.2 Å². The number of nitrogens with one attached hydrogen (secondary N) is 1. The number of carbonyl (C=O) groups is 2. The van der Waals surface area contributed by atoms with Gasteiger partial charge in [-0.05, 0) is 43.9 Å². The normalized spacial score (nSPS) is 21.4. The summed E-state index contributed by atoms with van der Waals surface area (Å²) >= 11 is 0. The molecule has 29 heavy (non-hydrogen) atoms. The number of hydrogen-bond acceptors (Lipinski definition) is 4. The van der Waals surface area contributed by atoms with Crippen LogP contribution in [0.2, 0.25) is 0 Å². The van der Waals surface area contributed by atoms with Crippen molar-refractivity contribution in [1.29, 1.82) is 0 Å². The van der Waals surface area contributed by atoms with E-state index >= 15 is 0 Å². The molecule has 2 fully saturated rings. The summed E-state index contributed by atoms with van der Waals surface area (Å²) in [4.78, 5) is 27.4. The smallest absolute Gasteiger partial charge is 0.383 e. The summed E-state index contributed by atoms with van der Waals surface area (Å²) < 4.78 is 50.2. The second-order valence-corrected chi connectivity index (χ2v) is 7.37. The Labute approximate surface area is 167 Å². The molecule has 1 aromatic carbocycles. The zero-order valence-corrected chi connectivity index (χ0v) is 16.3. The van der Waals surface area contributed by atoms with E-state index in [9.17, 15) is 22.8 Å². The Morgan fingerprint density at radius 2 is 2.00 bits per heavy atom. The van der Waals surface area contributed by atoms with Crippen molar-refractivity contribution in [3.8, 4) is 0 Å². The van der Waals surface area contributed by atoms with Crippen molar-refractivity contribution in [3.05, 3.63) is 35.4 Å². The predicted octanol–water partition coefficient (Wildman–Crippen LogP) is 2.97. The number of ether oxygens (including phenoxy) is 2. The summed E-state index contributed by atoms with van der Waals surface area (Å²) in [7, 11) is 1.51. The van der Waals surface area contributed by atoms with Gasteiger partial charge in [-0.3, -0.25) is 14.5 Å². The number of halogens is 3. The van der Waals surface area contributed by atoms with E-state index in [0.29, 0.717) is 19.4 Å². The maximum Gasteiger partial charge on any atom is 0.416 e. The molecule has 1 aliphatic carbocycles. The first-order valence-corrected chi connectivity index (χ1v) is 9.70. The molecule has 1 saturated carbocycles. The van der Waals surface area contributed by atoms with Crippen molar-refractivity contribution >= 4 is 11.8 Å². The van der Waals surface area contributed by atoms with E-state index in [-0.39, 0.29) is 18.7 Å². The van der Waals surface area contributed by atoms with Gasteiger partial charge in [-0.25, -0.2) is 0 Å². The molecule has 1 spiro atoms. The van der Waals surface area contributed by atoms with Gasteiger partial charge >= 0.3 is 6.18 Å². The first kappa shape index (κ1) is 21.6. The highest BCUT2D eigenvalue weighted by atomic mass is 19.4. The van der Waals surface area contributed by atoms with Crippen LogP contribution < -0.4 is 5.32 Å². The van der Waals surface area contributed by atoms with Gasteiger partial charge in [0.05, 0.1) is 18.8 Å². The zero-order chi connectivity index (χ0) is 21.1. The van der Waals surface area contributed by atoms with Gasteiger partial charge in [0.2, 0.25) is 5.91 Å². The summed E-state index contributed by atoms with van der Waals surface area (Å²) in [5, 5.41) is 2.70. The number of carbonyl (C=O) groups excluding carboxylic acids is 2. The molecule has 0 bridgehead atoms. The van der Waals surface area contributed by atoms with Crippen LogP contribution in [-0.4, -0.2) is 55.3 Å². The average Bonchev–Trinajstić information content (AvgIpc) is 3.06. The molecule has 2 aliphatic rings. The van der Waals surface area contributed by atoms with E-state index in [2.05, 4.69) is 5.32 Å². The van der Waals surface area contributed by atoms with Crippen LogP contribution >= 0.6 is 0 Å². The lowest BCUT2D eigenvalue weighted by molar-refractivity contribution is -0.137. The summed E-state index contributed by atoms with van der Waals surface area (Å²) in [5.74, 6) is -1.02. The van der Waals surface area contributed by atoms with Gasteiger partial charge < -0.3 is 14.8 Å². The fraction of sp³-hybridized carbons (Fsp3) is 0.600. The third-order valence-electron chi connectivity index (χ3n) is 5.46. The zero-order valence-electron chi connectivity index (χ0n) is 16.3. The molecule has 1 saturated heterocycles. The van der Waals surface area contributed by atoms with Crippen molar-refractivity contribution in [3.63, 3.8) is 0 Å². The van der Waals surface area contributed by atoms with Gasteiger partial charge in [-0.2, -0.15) is 13.2 Å². The molecular weight excluding hydrogens is 389 g/mol. The van der Waals surface area contributed by atoms with Crippen molar-refractivity contribution in [1.82, 2.24) is 10.2 Å². The minimum atomic E-state index is -4.56. The minimum absolute atomic E-state index is 0.0174. The highest BCUT2D eigenvalue weighted by Gasteiger charge is 2.53. The molecule has 0 radical (unpaired) electrons. The fourth-order valence-electron chi connectivity index (χ4n) is 4.03. The number of benzene rings is 1. The van der Waals surface area contributed by atoms with Gasteiger partial charge in [0.1, 0.15) is 11.8 Å². The SMILES string of the molecule is COCCNC(=O)C1COC2(CCCCC2)N1C(=O)c1cccc(C(F)(F)F)c1. The number of alkyl halides is 3. The Balaban J connectivity index is 1.91. The van der Waals surface area contributed by atoms with Crippen LogP contribution in [0, 0.1) is 0 Å². The summed E-state index contributed by atoms with van der Waals surface area (Å²) in [6.07, 6.45) is -0.813. The lowest BCUT2D eigenvalue weighted by Crippen LogP contribution is -2.56. The molecule has 1 heterocycles. The van der Waals surface area contributed by atoms with Crippen LogP contribution in [0.15, 0.2) is 24.3 Å². The van der Waals surface area contributed by atoms with Crippen molar-refractivity contribution in [2.75, 3.05) is 26.9 Å². The highest BCUT2D eigenvalue weighted by Crippen LogP contribution is 2.41. The first-order chi connectivity index (χ1) is 13.8. The van der Waals surface area contributed by atoms with Crippen molar-refractivity contribution < 1.29 is 32.2 Å². The number of rotatable bonds is 5. The van der Waals surface area contributed by atoms with E-state index < -0.39 is 35.3 Å². The molecule has 160 valence electrons. The van der Waals surface area contributed by atoms with E-state index in [1.807, 2.05) is 0 Å². The number of nitrogens with zero attached hydrogens (tertiary/aromatic N) is 1. The standard InChI is InChI=1S/C20H25F3N2O4/c1-28-11-10-24-17(26)16-13-29-19(8-3-2-4-9-19)25(16)18(27)14-6-5-7-15(12-14)20(21,22)23/h5-7,12,16H,2-4,8-11,13H2,1H3,(H,24,26). The number of hydrogen-bond donors (Lipinski definition) is 1. The summed E-state index contributed by atoms with van der Waals surface area (Å²) in [5.41, 5.74) is -1.96. The molecule has 0 aromatic heterocycles. The first-order valence-electron chi connectivity index (χ1n) is 9.70. The van der Waals surface area contributed by atoms with Crippen LogP contribution in [0.3, 0.4) is 0 Å². The second-order valence-electron chi connectivity index (χ2n) is 7.37. The Morgan fingerprint density at radius 3 is 2.66 bits per heavy atom. The largest absolute Gasteiger partial charge is 0.416 e. The van der Waals surface area contributed by atoms with E-state index in [4.69, 9.17) is 9.47 Å². The lowest BCUT2D eigenvalue weighted by atomic mass is 9.89. The second kappa shape index (κ2) is 8.71. The molecule has 3 rings (SSSR count). The predicted molar refractivity (Wildman–Crippen MR) is 98.1 cm³/mol. The maximum atomic E-state index is 13.3. The Hall–Kier alpha value is -2.13. The monoisotopic (exact) mass is 414 g/mol. The molecule has 1 aromatic rings. The van der Waals surface area contributed by atoms with Crippen molar-refractivity contribution in [2.24, 2.45) is 0 Å². The quantitative estimate of drug-likeness (QED) is 0.753. The van der Waals surface area contributed by atoms with Crippen molar-refractivity contribution in [2.45, 2.75) is 50.0 Å². The molecule has 9 heteroatoms. The van der Waals surface area contributed by atoms with Gasteiger partial charge in [-0.15, -0.1) is 0 Å². The third kappa shape index (κ3) is 4.56. The molecule has 1 N–H and O–H groups in total. The number of methoxy groups -OCH3 is 1. The highest BCUT2D eigenvalue weighted by molar-refractivity contribution is 5.98. The van der Waals surface area contributed by atoms with Crippen LogP contribution in [0.5, 0.6) is 0 Å². The number of amides is 2. The summed E-state index contributed by atoms with van der Waals surface area (Å²) in [6.45, 7) is 0.597. The molecule has 6 nitrogen and oxygen atoms in total. The van der Waals surface area contributed by atoms with Crippen LogP contribution in [-0.2, 0) is 20.4 Å². The Kier molecular flexibility index (Phi) is 6.48. The molecule has 1 unspecified atom stereocenters. The topological polar surface area (TPSA) is 67.9 Å². The molecule has 1 atom stereocenters.